The summed E-state index contributed by atoms with van der Waals surface area (Å²) in [6.07, 6.45) is 2.73. The van der Waals surface area contributed by atoms with E-state index < -0.39 is 0 Å². The lowest BCUT2D eigenvalue weighted by Crippen LogP contribution is -1.97. The maximum absolute atomic E-state index is 11.1. The van der Waals surface area contributed by atoms with Crippen LogP contribution in [0.3, 0.4) is 0 Å². The van der Waals surface area contributed by atoms with E-state index in [0.29, 0.717) is 22.2 Å². The van der Waals surface area contributed by atoms with Crippen molar-refractivity contribution in [3.63, 3.8) is 0 Å². The van der Waals surface area contributed by atoms with Gasteiger partial charge in [0.2, 0.25) is 0 Å². The second kappa shape index (κ2) is 5.31. The number of fused-ring (bicyclic) bond motifs is 1. The number of rotatable bonds is 3. The molecule has 0 spiro atoms. The van der Waals surface area contributed by atoms with Crippen molar-refractivity contribution in [3.05, 3.63) is 69.8 Å². The third kappa shape index (κ3) is 2.45. The largest absolute Gasteiger partial charge is 0.342 e. The lowest BCUT2D eigenvalue weighted by atomic mass is 10.2. The van der Waals surface area contributed by atoms with Crippen LogP contribution in [-0.4, -0.2) is 10.9 Å². The van der Waals surface area contributed by atoms with E-state index in [1.165, 1.54) is 0 Å². The maximum Gasteiger partial charge on any atom is 0.152 e. The van der Waals surface area contributed by atoms with Gasteiger partial charge in [-0.2, -0.15) is 0 Å². The molecule has 3 aromatic rings. The molecule has 0 aliphatic rings. The molecule has 0 N–H and O–H groups in total. The molecule has 0 unspecified atom stereocenters. The van der Waals surface area contributed by atoms with Gasteiger partial charge in [-0.15, -0.1) is 0 Å². The molecule has 1 aromatic heterocycles. The quantitative estimate of drug-likeness (QED) is 0.636. The molecule has 0 bridgehead atoms. The summed E-state index contributed by atoms with van der Waals surface area (Å²) in [7, 11) is 0. The number of carbonyl (C=O) groups excluding carboxylic acids is 1. The minimum absolute atomic E-state index is 0.611. The van der Waals surface area contributed by atoms with E-state index in [2.05, 4.69) is 0 Å². The fourth-order valence-electron chi connectivity index (χ4n) is 2.40. The first-order valence-electron chi connectivity index (χ1n) is 6.15. The van der Waals surface area contributed by atoms with Gasteiger partial charge in [0.1, 0.15) is 0 Å². The number of aromatic nitrogens is 1. The van der Waals surface area contributed by atoms with Crippen molar-refractivity contribution in [1.82, 2.24) is 4.57 Å². The van der Waals surface area contributed by atoms with Crippen molar-refractivity contribution in [3.8, 4) is 0 Å². The van der Waals surface area contributed by atoms with E-state index in [1.807, 2.05) is 47.2 Å². The van der Waals surface area contributed by atoms with Gasteiger partial charge in [-0.3, -0.25) is 4.79 Å². The highest BCUT2D eigenvalue weighted by Gasteiger charge is 2.08. The normalized spacial score (nSPS) is 10.9. The maximum atomic E-state index is 11.1. The molecule has 0 saturated heterocycles. The standard InChI is InChI=1S/C16H11Cl2NO/c17-13-5-11(6-14(18)7-13)8-19-9-12(10-20)15-3-1-2-4-16(15)19/h1-7,9-10H,8H2. The van der Waals surface area contributed by atoms with Crippen molar-refractivity contribution < 1.29 is 4.79 Å². The highest BCUT2D eigenvalue weighted by Crippen LogP contribution is 2.24. The number of hydrogen-bond acceptors (Lipinski definition) is 1. The predicted molar refractivity (Wildman–Crippen MR) is 82.9 cm³/mol. The van der Waals surface area contributed by atoms with Gasteiger partial charge in [-0.05, 0) is 29.8 Å². The first kappa shape index (κ1) is 13.2. The van der Waals surface area contributed by atoms with Crippen LogP contribution in [-0.2, 0) is 6.54 Å². The van der Waals surface area contributed by atoms with Crippen LogP contribution in [0, 0.1) is 0 Å². The molecule has 0 amide bonds. The smallest absolute Gasteiger partial charge is 0.152 e. The fraction of sp³-hybridized carbons (Fsp3) is 0.0625. The minimum atomic E-state index is 0.611. The van der Waals surface area contributed by atoms with E-state index in [1.54, 1.807) is 6.07 Å². The number of halogens is 2. The van der Waals surface area contributed by atoms with Crippen molar-refractivity contribution in [1.29, 1.82) is 0 Å². The summed E-state index contributed by atoms with van der Waals surface area (Å²) in [4.78, 5) is 11.1. The lowest BCUT2D eigenvalue weighted by molar-refractivity contribution is 0.112. The zero-order valence-electron chi connectivity index (χ0n) is 10.5. The van der Waals surface area contributed by atoms with Crippen LogP contribution in [0.15, 0.2) is 48.7 Å². The summed E-state index contributed by atoms with van der Waals surface area (Å²) < 4.78 is 2.03. The molecule has 2 nitrogen and oxygen atoms in total. The van der Waals surface area contributed by atoms with Crippen molar-refractivity contribution in [2.45, 2.75) is 6.54 Å². The van der Waals surface area contributed by atoms with Gasteiger partial charge in [-0.1, -0.05) is 41.4 Å². The van der Waals surface area contributed by atoms with Crippen molar-refractivity contribution in [2.24, 2.45) is 0 Å². The van der Waals surface area contributed by atoms with E-state index in [4.69, 9.17) is 23.2 Å². The Morgan fingerprint density at radius 1 is 1.05 bits per heavy atom. The Morgan fingerprint density at radius 2 is 1.75 bits per heavy atom. The summed E-state index contributed by atoms with van der Waals surface area (Å²) in [5, 5.41) is 2.18. The number of para-hydroxylation sites is 1. The molecule has 0 aliphatic heterocycles. The molecule has 2 aromatic carbocycles. The van der Waals surface area contributed by atoms with Crippen molar-refractivity contribution >= 4 is 40.4 Å². The van der Waals surface area contributed by atoms with E-state index in [-0.39, 0.29) is 0 Å². The number of carbonyl (C=O) groups is 1. The molecular weight excluding hydrogens is 293 g/mol. The van der Waals surface area contributed by atoms with Gasteiger partial charge in [0.05, 0.1) is 0 Å². The predicted octanol–water partition coefficient (Wildman–Crippen LogP) is 4.81. The molecular formula is C16H11Cl2NO. The monoisotopic (exact) mass is 303 g/mol. The zero-order valence-corrected chi connectivity index (χ0v) is 12.0. The van der Waals surface area contributed by atoms with E-state index in [9.17, 15) is 4.79 Å². The Bertz CT molecular complexity index is 772. The Kier molecular flexibility index (Phi) is 3.51. The third-order valence-electron chi connectivity index (χ3n) is 3.22. The van der Waals surface area contributed by atoms with Crippen LogP contribution in [0.4, 0.5) is 0 Å². The molecule has 20 heavy (non-hydrogen) atoms. The van der Waals surface area contributed by atoms with Gasteiger partial charge in [-0.25, -0.2) is 0 Å². The SMILES string of the molecule is O=Cc1cn(Cc2cc(Cl)cc(Cl)c2)c2ccccc12. The molecule has 0 radical (unpaired) electrons. The summed E-state index contributed by atoms with van der Waals surface area (Å²) in [6.45, 7) is 0.620. The average molecular weight is 304 g/mol. The van der Waals surface area contributed by atoms with Crippen LogP contribution >= 0.6 is 23.2 Å². The Morgan fingerprint density at radius 3 is 2.45 bits per heavy atom. The number of benzene rings is 2. The van der Waals surface area contributed by atoms with Gasteiger partial charge in [0.25, 0.3) is 0 Å². The average Bonchev–Trinajstić information content (AvgIpc) is 2.76. The van der Waals surface area contributed by atoms with Crippen LogP contribution in [0.5, 0.6) is 0 Å². The summed E-state index contributed by atoms with van der Waals surface area (Å²) in [6, 6.07) is 13.3. The second-order valence-electron chi connectivity index (χ2n) is 4.63. The number of aldehydes is 1. The Labute approximate surface area is 126 Å². The van der Waals surface area contributed by atoms with Crippen LogP contribution < -0.4 is 0 Å². The van der Waals surface area contributed by atoms with Gasteiger partial charge >= 0.3 is 0 Å². The molecule has 0 atom stereocenters. The second-order valence-corrected chi connectivity index (χ2v) is 5.50. The molecule has 0 saturated carbocycles. The minimum Gasteiger partial charge on any atom is -0.342 e. The van der Waals surface area contributed by atoms with Crippen LogP contribution in [0.1, 0.15) is 15.9 Å². The van der Waals surface area contributed by atoms with Gasteiger partial charge in [0.15, 0.2) is 6.29 Å². The van der Waals surface area contributed by atoms with Crippen molar-refractivity contribution in [2.75, 3.05) is 0 Å². The van der Waals surface area contributed by atoms with Gasteiger partial charge < -0.3 is 4.57 Å². The lowest BCUT2D eigenvalue weighted by Gasteiger charge is -2.06. The molecule has 1 heterocycles. The topological polar surface area (TPSA) is 22.0 Å². The molecule has 3 rings (SSSR count). The summed E-state index contributed by atoms with van der Waals surface area (Å²) in [5.41, 5.74) is 2.71. The van der Waals surface area contributed by atoms with E-state index >= 15 is 0 Å². The molecule has 0 fully saturated rings. The Balaban J connectivity index is 2.08. The zero-order chi connectivity index (χ0) is 14.1. The fourth-order valence-corrected chi connectivity index (χ4v) is 2.97. The van der Waals surface area contributed by atoms with Crippen LogP contribution in [0.25, 0.3) is 10.9 Å². The third-order valence-corrected chi connectivity index (χ3v) is 3.66. The highest BCUT2D eigenvalue weighted by atomic mass is 35.5. The number of hydrogen-bond donors (Lipinski definition) is 0. The first-order valence-corrected chi connectivity index (χ1v) is 6.91. The van der Waals surface area contributed by atoms with Crippen LogP contribution in [0.2, 0.25) is 10.0 Å². The summed E-state index contributed by atoms with van der Waals surface area (Å²) >= 11 is 12.0. The molecule has 0 aliphatic carbocycles. The number of nitrogens with zero attached hydrogens (tertiary/aromatic N) is 1. The summed E-state index contributed by atoms with van der Waals surface area (Å²) in [5.74, 6) is 0. The van der Waals surface area contributed by atoms with Gasteiger partial charge in [0, 0.05) is 39.3 Å². The first-order chi connectivity index (χ1) is 9.67. The van der Waals surface area contributed by atoms with E-state index in [0.717, 1.165) is 22.8 Å². The highest BCUT2D eigenvalue weighted by molar-refractivity contribution is 6.34. The Hall–Kier alpha value is -1.77. The molecule has 4 heteroatoms. The molecule has 100 valence electrons.